The third-order valence-corrected chi connectivity index (χ3v) is 2.34. The van der Waals surface area contributed by atoms with Crippen LogP contribution >= 0.6 is 0 Å². The standard InChI is InChI=1S/C13H15FN2O2/c1-2-18-6-5-13(17)16-9-11-4-3-10(8-15)7-12(11)14/h3-4,7H,2,5-6,9H2,1H3,(H,16,17). The monoisotopic (exact) mass is 250 g/mol. The molecule has 0 atom stereocenters. The number of halogens is 1. The van der Waals surface area contributed by atoms with Gasteiger partial charge in [-0.05, 0) is 19.1 Å². The van der Waals surface area contributed by atoms with E-state index >= 15 is 0 Å². The number of ether oxygens (including phenoxy) is 1. The van der Waals surface area contributed by atoms with Crippen molar-refractivity contribution in [2.75, 3.05) is 13.2 Å². The number of benzene rings is 1. The van der Waals surface area contributed by atoms with Crippen molar-refractivity contribution in [1.82, 2.24) is 5.32 Å². The van der Waals surface area contributed by atoms with Crippen LogP contribution in [0, 0.1) is 17.1 Å². The van der Waals surface area contributed by atoms with E-state index < -0.39 is 5.82 Å². The Kier molecular flexibility index (Phi) is 5.81. The highest BCUT2D eigenvalue weighted by molar-refractivity contribution is 5.75. The Balaban J connectivity index is 2.44. The topological polar surface area (TPSA) is 62.1 Å². The molecule has 4 nitrogen and oxygen atoms in total. The maximum absolute atomic E-state index is 13.5. The first-order valence-corrected chi connectivity index (χ1v) is 5.70. The van der Waals surface area contributed by atoms with Crippen LogP contribution < -0.4 is 5.32 Å². The fourth-order valence-corrected chi connectivity index (χ4v) is 1.35. The summed E-state index contributed by atoms with van der Waals surface area (Å²) in [5.41, 5.74) is 0.623. The number of nitriles is 1. The van der Waals surface area contributed by atoms with Crippen molar-refractivity contribution in [1.29, 1.82) is 5.26 Å². The second-order valence-corrected chi connectivity index (χ2v) is 3.64. The average molecular weight is 250 g/mol. The van der Waals surface area contributed by atoms with Crippen molar-refractivity contribution >= 4 is 5.91 Å². The molecule has 0 saturated carbocycles. The van der Waals surface area contributed by atoms with E-state index in [1.807, 2.05) is 13.0 Å². The van der Waals surface area contributed by atoms with Crippen LogP contribution in [0.3, 0.4) is 0 Å². The minimum Gasteiger partial charge on any atom is -0.381 e. The van der Waals surface area contributed by atoms with E-state index in [1.54, 1.807) is 0 Å². The Labute approximate surface area is 105 Å². The highest BCUT2D eigenvalue weighted by Gasteiger charge is 2.06. The summed E-state index contributed by atoms with van der Waals surface area (Å²) >= 11 is 0. The van der Waals surface area contributed by atoms with Crippen LogP contribution in [0.15, 0.2) is 18.2 Å². The second-order valence-electron chi connectivity index (χ2n) is 3.64. The lowest BCUT2D eigenvalue weighted by atomic mass is 10.1. The van der Waals surface area contributed by atoms with Gasteiger partial charge in [0.15, 0.2) is 0 Å². The summed E-state index contributed by atoms with van der Waals surface area (Å²) in [6.45, 7) is 2.89. The maximum atomic E-state index is 13.5. The molecule has 1 rings (SSSR count). The number of carbonyl (C=O) groups excluding carboxylic acids is 1. The highest BCUT2D eigenvalue weighted by atomic mass is 19.1. The molecule has 0 saturated heterocycles. The van der Waals surface area contributed by atoms with Crippen molar-refractivity contribution in [3.8, 4) is 6.07 Å². The molecule has 0 radical (unpaired) electrons. The molecular formula is C13H15FN2O2. The van der Waals surface area contributed by atoms with Crippen LogP contribution in [-0.2, 0) is 16.1 Å². The zero-order chi connectivity index (χ0) is 13.4. The van der Waals surface area contributed by atoms with Gasteiger partial charge in [-0.1, -0.05) is 6.07 Å². The van der Waals surface area contributed by atoms with E-state index in [4.69, 9.17) is 10.00 Å². The van der Waals surface area contributed by atoms with Crippen molar-refractivity contribution in [3.05, 3.63) is 35.1 Å². The zero-order valence-electron chi connectivity index (χ0n) is 10.2. The fraction of sp³-hybridized carbons (Fsp3) is 0.385. The van der Waals surface area contributed by atoms with Crippen molar-refractivity contribution in [2.24, 2.45) is 0 Å². The van der Waals surface area contributed by atoms with E-state index in [0.717, 1.165) is 6.07 Å². The van der Waals surface area contributed by atoms with Crippen molar-refractivity contribution in [3.63, 3.8) is 0 Å². The van der Waals surface area contributed by atoms with Gasteiger partial charge in [-0.2, -0.15) is 5.26 Å². The third-order valence-electron chi connectivity index (χ3n) is 2.34. The second kappa shape index (κ2) is 7.41. The maximum Gasteiger partial charge on any atom is 0.222 e. The quantitative estimate of drug-likeness (QED) is 0.782. The SMILES string of the molecule is CCOCCC(=O)NCc1ccc(C#N)cc1F. The molecular weight excluding hydrogens is 235 g/mol. The van der Waals surface area contributed by atoms with Crippen LogP contribution in [0.25, 0.3) is 0 Å². The molecule has 0 aliphatic carbocycles. The predicted octanol–water partition coefficient (Wildman–Crippen LogP) is 1.74. The van der Waals surface area contributed by atoms with Gasteiger partial charge in [-0.15, -0.1) is 0 Å². The van der Waals surface area contributed by atoms with Crippen LogP contribution in [0.4, 0.5) is 4.39 Å². The van der Waals surface area contributed by atoms with Gasteiger partial charge in [0.25, 0.3) is 0 Å². The fourth-order valence-electron chi connectivity index (χ4n) is 1.35. The summed E-state index contributed by atoms with van der Waals surface area (Å²) in [5, 5.41) is 11.2. The number of nitrogens with one attached hydrogen (secondary N) is 1. The molecule has 1 aromatic rings. The normalized spacial score (nSPS) is 9.83. The number of amides is 1. The van der Waals surface area contributed by atoms with Crippen molar-refractivity contribution < 1.29 is 13.9 Å². The van der Waals surface area contributed by atoms with Gasteiger partial charge in [-0.3, -0.25) is 4.79 Å². The number of carbonyl (C=O) groups is 1. The minimum absolute atomic E-state index is 0.114. The molecule has 0 bridgehead atoms. The van der Waals surface area contributed by atoms with Crippen LogP contribution in [0.1, 0.15) is 24.5 Å². The lowest BCUT2D eigenvalue weighted by molar-refractivity contribution is -0.122. The molecule has 1 N–H and O–H groups in total. The van der Waals surface area contributed by atoms with Gasteiger partial charge in [0, 0.05) is 25.1 Å². The highest BCUT2D eigenvalue weighted by Crippen LogP contribution is 2.09. The molecule has 1 amide bonds. The Bertz CT molecular complexity index is 455. The van der Waals surface area contributed by atoms with Crippen LogP contribution in [0.5, 0.6) is 0 Å². The Morgan fingerprint density at radius 3 is 2.94 bits per heavy atom. The number of nitrogens with zero attached hydrogens (tertiary/aromatic N) is 1. The molecule has 0 unspecified atom stereocenters. The molecule has 0 aliphatic rings. The first-order valence-electron chi connectivity index (χ1n) is 5.70. The average Bonchev–Trinajstić information content (AvgIpc) is 2.37. The lowest BCUT2D eigenvalue weighted by Crippen LogP contribution is -2.24. The zero-order valence-corrected chi connectivity index (χ0v) is 10.2. The minimum atomic E-state index is -0.487. The number of hydrogen-bond acceptors (Lipinski definition) is 3. The van der Waals surface area contributed by atoms with E-state index in [2.05, 4.69) is 5.32 Å². The molecule has 0 spiro atoms. The Morgan fingerprint density at radius 2 is 2.33 bits per heavy atom. The third kappa shape index (κ3) is 4.52. The van der Waals surface area contributed by atoms with Crippen LogP contribution in [0.2, 0.25) is 0 Å². The van der Waals surface area contributed by atoms with Gasteiger partial charge in [0.1, 0.15) is 5.82 Å². The molecule has 0 aromatic heterocycles. The summed E-state index contributed by atoms with van der Waals surface area (Å²) in [6.07, 6.45) is 0.256. The molecule has 1 aromatic carbocycles. The molecule has 96 valence electrons. The molecule has 18 heavy (non-hydrogen) atoms. The van der Waals surface area contributed by atoms with E-state index in [0.29, 0.717) is 18.8 Å². The van der Waals surface area contributed by atoms with Gasteiger partial charge < -0.3 is 10.1 Å². The smallest absolute Gasteiger partial charge is 0.222 e. The summed E-state index contributed by atoms with van der Waals surface area (Å²) in [6, 6.07) is 6.02. The number of hydrogen-bond donors (Lipinski definition) is 1. The van der Waals surface area contributed by atoms with Crippen molar-refractivity contribution in [2.45, 2.75) is 19.9 Å². The predicted molar refractivity (Wildman–Crippen MR) is 64.1 cm³/mol. The largest absolute Gasteiger partial charge is 0.381 e. The summed E-state index contributed by atoms with van der Waals surface area (Å²) in [4.78, 5) is 11.4. The molecule has 0 aliphatic heterocycles. The van der Waals surface area contributed by atoms with Gasteiger partial charge >= 0.3 is 0 Å². The van der Waals surface area contributed by atoms with E-state index in [1.165, 1.54) is 12.1 Å². The summed E-state index contributed by atoms with van der Waals surface area (Å²) in [7, 11) is 0. The number of rotatable bonds is 6. The van der Waals surface area contributed by atoms with Gasteiger partial charge in [0.2, 0.25) is 5.91 Å². The summed E-state index contributed by atoms with van der Waals surface area (Å²) in [5.74, 6) is -0.675. The van der Waals surface area contributed by atoms with Crippen LogP contribution in [-0.4, -0.2) is 19.1 Å². The van der Waals surface area contributed by atoms with E-state index in [-0.39, 0.29) is 24.4 Å². The van der Waals surface area contributed by atoms with Gasteiger partial charge in [-0.25, -0.2) is 4.39 Å². The molecule has 0 fully saturated rings. The Morgan fingerprint density at radius 1 is 1.56 bits per heavy atom. The first-order chi connectivity index (χ1) is 8.67. The lowest BCUT2D eigenvalue weighted by Gasteiger charge is -2.06. The van der Waals surface area contributed by atoms with E-state index in [9.17, 15) is 9.18 Å². The first kappa shape index (κ1) is 14.1. The molecule has 0 heterocycles. The Hall–Kier alpha value is -1.93. The molecule has 5 heteroatoms. The van der Waals surface area contributed by atoms with Gasteiger partial charge in [0.05, 0.1) is 18.2 Å². The summed E-state index contributed by atoms with van der Waals surface area (Å²) < 4.78 is 18.5.